The van der Waals surface area contributed by atoms with Gasteiger partial charge in [-0.2, -0.15) is 0 Å². The second-order valence-electron chi connectivity index (χ2n) is 6.64. The second kappa shape index (κ2) is 6.12. The maximum absolute atomic E-state index is 2.34. The SMILES string of the molecule is c1ccc2c(C[C]3CCCCCC3)c3ccccc3cc2c1. The Morgan fingerprint density at radius 1 is 0.636 bits per heavy atom. The lowest BCUT2D eigenvalue weighted by Crippen LogP contribution is -2.02. The van der Waals surface area contributed by atoms with Crippen molar-refractivity contribution in [1.82, 2.24) is 0 Å². The van der Waals surface area contributed by atoms with Crippen molar-refractivity contribution in [2.45, 2.75) is 44.9 Å². The average Bonchev–Trinajstić information content (AvgIpc) is 2.83. The van der Waals surface area contributed by atoms with Gasteiger partial charge in [-0.25, -0.2) is 0 Å². The molecule has 1 radical (unpaired) electrons. The van der Waals surface area contributed by atoms with Gasteiger partial charge in [0.15, 0.2) is 0 Å². The molecule has 0 nitrogen and oxygen atoms in total. The minimum atomic E-state index is 1.17. The molecule has 0 amide bonds. The van der Waals surface area contributed by atoms with Gasteiger partial charge in [-0.15, -0.1) is 0 Å². The van der Waals surface area contributed by atoms with Crippen LogP contribution in [-0.4, -0.2) is 0 Å². The highest BCUT2D eigenvalue weighted by Gasteiger charge is 2.16. The fraction of sp³-hybridized carbons (Fsp3) is 0.318. The molecule has 0 heterocycles. The predicted molar refractivity (Wildman–Crippen MR) is 96.1 cm³/mol. The van der Waals surface area contributed by atoms with E-state index in [0.29, 0.717) is 0 Å². The molecule has 0 atom stereocenters. The number of benzene rings is 3. The molecule has 22 heavy (non-hydrogen) atoms. The Labute approximate surface area is 133 Å². The van der Waals surface area contributed by atoms with E-state index in [-0.39, 0.29) is 0 Å². The van der Waals surface area contributed by atoms with Crippen LogP contribution in [0.15, 0.2) is 54.6 Å². The average molecular weight is 287 g/mol. The van der Waals surface area contributed by atoms with Gasteiger partial charge in [0.05, 0.1) is 0 Å². The lowest BCUT2D eigenvalue weighted by Gasteiger charge is -2.17. The number of fused-ring (bicyclic) bond motifs is 2. The highest BCUT2D eigenvalue weighted by Crippen LogP contribution is 2.34. The van der Waals surface area contributed by atoms with Gasteiger partial charge in [0.2, 0.25) is 0 Å². The summed E-state index contributed by atoms with van der Waals surface area (Å²) in [6.45, 7) is 0. The Morgan fingerprint density at radius 2 is 1.18 bits per heavy atom. The summed E-state index contributed by atoms with van der Waals surface area (Å²) in [4.78, 5) is 0. The van der Waals surface area contributed by atoms with Gasteiger partial charge in [0.25, 0.3) is 0 Å². The van der Waals surface area contributed by atoms with Gasteiger partial charge in [-0.3, -0.25) is 0 Å². The molecule has 0 spiro atoms. The summed E-state index contributed by atoms with van der Waals surface area (Å²) in [5.41, 5.74) is 1.55. The first-order chi connectivity index (χ1) is 10.9. The highest BCUT2D eigenvalue weighted by atomic mass is 14.2. The van der Waals surface area contributed by atoms with Crippen LogP contribution in [0.4, 0.5) is 0 Å². The highest BCUT2D eigenvalue weighted by molar-refractivity contribution is 6.02. The van der Waals surface area contributed by atoms with Gasteiger partial charge in [-0.1, -0.05) is 74.2 Å². The normalized spacial score (nSPS) is 16.9. The third kappa shape index (κ3) is 2.63. The van der Waals surface area contributed by atoms with Crippen molar-refractivity contribution in [3.05, 3.63) is 66.1 Å². The van der Waals surface area contributed by atoms with Crippen LogP contribution in [0.1, 0.15) is 44.1 Å². The van der Waals surface area contributed by atoms with Crippen LogP contribution in [0.5, 0.6) is 0 Å². The van der Waals surface area contributed by atoms with Crippen LogP contribution in [0.2, 0.25) is 0 Å². The summed E-state index contributed by atoms with van der Waals surface area (Å²) in [6, 6.07) is 20.1. The zero-order chi connectivity index (χ0) is 14.8. The topological polar surface area (TPSA) is 0 Å². The molecule has 1 aliphatic carbocycles. The van der Waals surface area contributed by atoms with Crippen molar-refractivity contribution in [3.63, 3.8) is 0 Å². The van der Waals surface area contributed by atoms with Gasteiger partial charge < -0.3 is 0 Å². The van der Waals surface area contributed by atoms with Crippen molar-refractivity contribution in [3.8, 4) is 0 Å². The van der Waals surface area contributed by atoms with Crippen molar-refractivity contribution in [1.29, 1.82) is 0 Å². The van der Waals surface area contributed by atoms with Gasteiger partial charge in [0, 0.05) is 0 Å². The monoisotopic (exact) mass is 287 g/mol. The number of hydrogen-bond acceptors (Lipinski definition) is 0. The fourth-order valence-electron chi connectivity index (χ4n) is 3.95. The maximum Gasteiger partial charge on any atom is -0.0145 e. The Morgan fingerprint density at radius 3 is 1.77 bits per heavy atom. The Kier molecular flexibility index (Phi) is 3.84. The van der Waals surface area contributed by atoms with E-state index in [1.165, 1.54) is 66.5 Å². The molecule has 0 N–H and O–H groups in total. The summed E-state index contributed by atoms with van der Waals surface area (Å²) in [5.74, 6) is 1.76. The summed E-state index contributed by atoms with van der Waals surface area (Å²) in [7, 11) is 0. The quantitative estimate of drug-likeness (QED) is 0.374. The van der Waals surface area contributed by atoms with E-state index in [1.807, 2.05) is 0 Å². The molecule has 0 bridgehead atoms. The molecule has 1 saturated carbocycles. The molecule has 3 aromatic rings. The van der Waals surface area contributed by atoms with E-state index in [0.717, 1.165) is 0 Å². The van der Waals surface area contributed by atoms with Crippen molar-refractivity contribution in [2.24, 2.45) is 0 Å². The van der Waals surface area contributed by atoms with Gasteiger partial charge in [-0.05, 0) is 58.4 Å². The van der Waals surface area contributed by atoms with E-state index in [4.69, 9.17) is 0 Å². The Balaban J connectivity index is 1.84. The zero-order valence-corrected chi connectivity index (χ0v) is 13.1. The first-order valence-electron chi connectivity index (χ1n) is 8.65. The standard InChI is InChI=1S/C22H23/c1-2-4-10-17(9-3-1)15-22-20-13-7-5-11-18(20)16-19-12-6-8-14-21(19)22/h5-8,11-14,16H,1-4,9-10,15H2. The summed E-state index contributed by atoms with van der Waals surface area (Å²) < 4.78 is 0. The zero-order valence-electron chi connectivity index (χ0n) is 13.1. The van der Waals surface area contributed by atoms with Crippen LogP contribution < -0.4 is 0 Å². The third-order valence-electron chi connectivity index (χ3n) is 5.12. The van der Waals surface area contributed by atoms with E-state index in [9.17, 15) is 0 Å². The van der Waals surface area contributed by atoms with Crippen LogP contribution in [0.25, 0.3) is 21.5 Å². The summed E-state index contributed by atoms with van der Waals surface area (Å²) >= 11 is 0. The van der Waals surface area contributed by atoms with E-state index < -0.39 is 0 Å². The first kappa shape index (κ1) is 13.8. The fourth-order valence-corrected chi connectivity index (χ4v) is 3.95. The van der Waals surface area contributed by atoms with Crippen molar-refractivity contribution in [2.75, 3.05) is 0 Å². The lowest BCUT2D eigenvalue weighted by molar-refractivity contribution is 0.702. The Hall–Kier alpha value is -1.82. The van der Waals surface area contributed by atoms with Gasteiger partial charge >= 0.3 is 0 Å². The van der Waals surface area contributed by atoms with E-state index >= 15 is 0 Å². The summed E-state index contributed by atoms with van der Waals surface area (Å²) in [6.07, 6.45) is 9.44. The molecule has 111 valence electrons. The molecule has 3 aromatic carbocycles. The lowest BCUT2D eigenvalue weighted by atomic mass is 9.87. The predicted octanol–water partition coefficient (Wildman–Crippen LogP) is 6.46. The molecule has 0 unspecified atom stereocenters. The van der Waals surface area contributed by atoms with Crippen LogP contribution in [-0.2, 0) is 6.42 Å². The van der Waals surface area contributed by atoms with E-state index in [2.05, 4.69) is 54.6 Å². The maximum atomic E-state index is 2.34. The van der Waals surface area contributed by atoms with Gasteiger partial charge in [0.1, 0.15) is 0 Å². The van der Waals surface area contributed by atoms with Crippen LogP contribution in [0.3, 0.4) is 0 Å². The molecular weight excluding hydrogens is 264 g/mol. The largest absolute Gasteiger partial charge is 0.0616 e. The Bertz CT molecular complexity index is 722. The second-order valence-corrected chi connectivity index (χ2v) is 6.64. The molecule has 1 aliphatic rings. The smallest absolute Gasteiger partial charge is 0.0145 e. The summed E-state index contributed by atoms with van der Waals surface area (Å²) in [5, 5.41) is 5.65. The molecule has 1 fully saturated rings. The number of hydrogen-bond donors (Lipinski definition) is 0. The van der Waals surface area contributed by atoms with E-state index in [1.54, 1.807) is 11.5 Å². The molecule has 0 aliphatic heterocycles. The minimum absolute atomic E-state index is 1.17. The molecule has 0 aromatic heterocycles. The molecule has 0 heteroatoms. The molecule has 4 rings (SSSR count). The number of rotatable bonds is 2. The molecule has 0 saturated heterocycles. The van der Waals surface area contributed by atoms with Crippen LogP contribution in [0, 0.1) is 5.92 Å². The van der Waals surface area contributed by atoms with Crippen molar-refractivity contribution >= 4 is 21.5 Å². The molecular formula is C22H23. The van der Waals surface area contributed by atoms with Crippen molar-refractivity contribution < 1.29 is 0 Å². The van der Waals surface area contributed by atoms with Crippen LogP contribution >= 0.6 is 0 Å². The first-order valence-corrected chi connectivity index (χ1v) is 8.65. The third-order valence-corrected chi connectivity index (χ3v) is 5.12. The minimum Gasteiger partial charge on any atom is -0.0616 e.